The average Bonchev–Trinajstić information content (AvgIpc) is 2.38. The number of nitrogen functional groups attached to an aromatic ring is 1. The Hall–Kier alpha value is -1.55. The number of rotatable bonds is 3. The standard InChI is InChI=1S/C16H24N2O2/c1-15(2,10-5-7-11(17)8-6-10)14(20)18-12-9-13(19)16(12,3)4/h5-8,12-13,19H,9,17H2,1-4H3,(H,18,20). The van der Waals surface area contributed by atoms with E-state index in [1.807, 2.05) is 39.8 Å². The van der Waals surface area contributed by atoms with Gasteiger partial charge in [-0.15, -0.1) is 0 Å². The molecule has 0 bridgehead atoms. The second-order valence-corrected chi connectivity index (χ2v) is 6.85. The van der Waals surface area contributed by atoms with Crippen molar-refractivity contribution in [3.63, 3.8) is 0 Å². The molecule has 0 aliphatic heterocycles. The van der Waals surface area contributed by atoms with Gasteiger partial charge in [0.2, 0.25) is 5.91 Å². The van der Waals surface area contributed by atoms with Crippen molar-refractivity contribution in [2.45, 2.75) is 51.7 Å². The van der Waals surface area contributed by atoms with Crippen molar-refractivity contribution in [2.75, 3.05) is 5.73 Å². The molecule has 2 unspecified atom stereocenters. The minimum absolute atomic E-state index is 0.0211. The number of amides is 1. The summed E-state index contributed by atoms with van der Waals surface area (Å²) >= 11 is 0. The quantitative estimate of drug-likeness (QED) is 0.737. The maximum absolute atomic E-state index is 12.5. The third-order valence-corrected chi connectivity index (χ3v) is 4.72. The number of carbonyl (C=O) groups excluding carboxylic acids is 1. The number of carbonyl (C=O) groups is 1. The van der Waals surface area contributed by atoms with Gasteiger partial charge in [-0.2, -0.15) is 0 Å². The molecule has 1 saturated carbocycles. The molecule has 0 aromatic heterocycles. The molecule has 0 saturated heterocycles. The highest BCUT2D eigenvalue weighted by Crippen LogP contribution is 2.41. The lowest BCUT2D eigenvalue weighted by Crippen LogP contribution is -2.63. The molecular formula is C16H24N2O2. The van der Waals surface area contributed by atoms with E-state index in [4.69, 9.17) is 5.73 Å². The van der Waals surface area contributed by atoms with Crippen LogP contribution in [0.4, 0.5) is 5.69 Å². The highest BCUT2D eigenvalue weighted by molar-refractivity contribution is 5.87. The zero-order valence-electron chi connectivity index (χ0n) is 12.6. The third-order valence-electron chi connectivity index (χ3n) is 4.72. The molecule has 2 atom stereocenters. The molecule has 1 aromatic carbocycles. The van der Waals surface area contributed by atoms with Crippen LogP contribution < -0.4 is 11.1 Å². The first-order chi connectivity index (χ1) is 9.15. The van der Waals surface area contributed by atoms with Gasteiger partial charge in [-0.05, 0) is 38.0 Å². The summed E-state index contributed by atoms with van der Waals surface area (Å²) in [6.07, 6.45) is 0.281. The van der Waals surface area contributed by atoms with Gasteiger partial charge in [0.05, 0.1) is 11.5 Å². The second-order valence-electron chi connectivity index (χ2n) is 6.85. The topological polar surface area (TPSA) is 75.3 Å². The lowest BCUT2D eigenvalue weighted by Gasteiger charge is -2.50. The molecule has 0 heterocycles. The van der Waals surface area contributed by atoms with Gasteiger partial charge in [-0.25, -0.2) is 0 Å². The molecule has 1 amide bonds. The van der Waals surface area contributed by atoms with Crippen LogP contribution in [-0.4, -0.2) is 23.2 Å². The lowest BCUT2D eigenvalue weighted by molar-refractivity contribution is -0.133. The first-order valence-corrected chi connectivity index (χ1v) is 7.00. The smallest absolute Gasteiger partial charge is 0.230 e. The molecule has 0 spiro atoms. The van der Waals surface area contributed by atoms with Crippen molar-refractivity contribution in [1.29, 1.82) is 0 Å². The maximum atomic E-state index is 12.5. The summed E-state index contributed by atoms with van der Waals surface area (Å²) in [6.45, 7) is 7.75. The van der Waals surface area contributed by atoms with E-state index >= 15 is 0 Å². The summed E-state index contributed by atoms with van der Waals surface area (Å²) in [5.74, 6) is -0.0211. The van der Waals surface area contributed by atoms with Crippen molar-refractivity contribution >= 4 is 11.6 Å². The Bertz CT molecular complexity index is 506. The van der Waals surface area contributed by atoms with Crippen LogP contribution in [0, 0.1) is 5.41 Å². The van der Waals surface area contributed by atoms with Gasteiger partial charge in [-0.3, -0.25) is 4.79 Å². The minimum Gasteiger partial charge on any atom is -0.399 e. The van der Waals surface area contributed by atoms with Gasteiger partial charge in [0.15, 0.2) is 0 Å². The van der Waals surface area contributed by atoms with Gasteiger partial charge in [-0.1, -0.05) is 26.0 Å². The largest absolute Gasteiger partial charge is 0.399 e. The van der Waals surface area contributed by atoms with Gasteiger partial charge >= 0.3 is 0 Å². The van der Waals surface area contributed by atoms with E-state index in [0.717, 1.165) is 5.56 Å². The molecule has 20 heavy (non-hydrogen) atoms. The van der Waals surface area contributed by atoms with Crippen molar-refractivity contribution in [1.82, 2.24) is 5.32 Å². The molecule has 1 aliphatic rings. The van der Waals surface area contributed by atoms with Crippen LogP contribution in [0.1, 0.15) is 39.7 Å². The number of anilines is 1. The van der Waals surface area contributed by atoms with Crippen molar-refractivity contribution in [2.24, 2.45) is 5.41 Å². The van der Waals surface area contributed by atoms with Crippen molar-refractivity contribution in [3.8, 4) is 0 Å². The SMILES string of the molecule is CC(C)(C(=O)NC1CC(O)C1(C)C)c1ccc(N)cc1. The second kappa shape index (κ2) is 4.77. The molecule has 1 aromatic rings. The van der Waals surface area contributed by atoms with E-state index in [1.54, 1.807) is 12.1 Å². The lowest BCUT2D eigenvalue weighted by atomic mass is 9.64. The maximum Gasteiger partial charge on any atom is 0.230 e. The van der Waals surface area contributed by atoms with Crippen LogP contribution in [0.15, 0.2) is 24.3 Å². The van der Waals surface area contributed by atoms with Crippen LogP contribution in [0.2, 0.25) is 0 Å². The summed E-state index contributed by atoms with van der Waals surface area (Å²) in [5.41, 5.74) is 6.42. The number of nitrogens with two attached hydrogens (primary N) is 1. The molecule has 110 valence electrons. The van der Waals surface area contributed by atoms with Crippen LogP contribution in [0.5, 0.6) is 0 Å². The Kier molecular flexibility index (Phi) is 3.54. The number of hydrogen-bond donors (Lipinski definition) is 3. The number of aliphatic hydroxyl groups is 1. The van der Waals surface area contributed by atoms with E-state index in [2.05, 4.69) is 5.32 Å². The van der Waals surface area contributed by atoms with E-state index in [0.29, 0.717) is 12.1 Å². The first-order valence-electron chi connectivity index (χ1n) is 7.00. The molecule has 4 heteroatoms. The molecule has 4 N–H and O–H groups in total. The Morgan fingerprint density at radius 2 is 1.90 bits per heavy atom. The van der Waals surface area contributed by atoms with E-state index in [1.165, 1.54) is 0 Å². The molecule has 1 aliphatic carbocycles. The fourth-order valence-electron chi connectivity index (χ4n) is 2.52. The monoisotopic (exact) mass is 276 g/mol. The predicted octanol–water partition coefficient (Wildman–Crippen LogP) is 1.82. The Morgan fingerprint density at radius 3 is 2.35 bits per heavy atom. The third kappa shape index (κ3) is 2.40. The fourth-order valence-corrected chi connectivity index (χ4v) is 2.52. The highest BCUT2D eigenvalue weighted by Gasteiger charge is 2.49. The zero-order chi connectivity index (χ0) is 15.1. The van der Waals surface area contributed by atoms with E-state index in [-0.39, 0.29) is 23.5 Å². The van der Waals surface area contributed by atoms with Gasteiger partial charge in [0, 0.05) is 17.1 Å². The number of hydrogen-bond acceptors (Lipinski definition) is 3. The van der Waals surface area contributed by atoms with Crippen LogP contribution in [-0.2, 0) is 10.2 Å². The van der Waals surface area contributed by atoms with Crippen molar-refractivity contribution in [3.05, 3.63) is 29.8 Å². The fraction of sp³-hybridized carbons (Fsp3) is 0.562. The molecular weight excluding hydrogens is 252 g/mol. The molecule has 4 nitrogen and oxygen atoms in total. The number of aliphatic hydroxyl groups excluding tert-OH is 1. The summed E-state index contributed by atoms with van der Waals surface area (Å²) in [4.78, 5) is 12.5. The Morgan fingerprint density at radius 1 is 1.35 bits per heavy atom. The average molecular weight is 276 g/mol. The van der Waals surface area contributed by atoms with Crippen molar-refractivity contribution < 1.29 is 9.90 Å². The zero-order valence-corrected chi connectivity index (χ0v) is 12.6. The van der Waals surface area contributed by atoms with Crippen LogP contribution in [0.3, 0.4) is 0 Å². The Labute approximate surface area is 120 Å². The van der Waals surface area contributed by atoms with Crippen LogP contribution in [0.25, 0.3) is 0 Å². The summed E-state index contributed by atoms with van der Waals surface area (Å²) in [6, 6.07) is 7.41. The Balaban J connectivity index is 2.10. The van der Waals surface area contributed by atoms with E-state index < -0.39 is 5.41 Å². The number of nitrogens with one attached hydrogen (secondary N) is 1. The van der Waals surface area contributed by atoms with Crippen LogP contribution >= 0.6 is 0 Å². The summed E-state index contributed by atoms with van der Waals surface area (Å²) in [5, 5.41) is 12.8. The highest BCUT2D eigenvalue weighted by atomic mass is 16.3. The van der Waals surface area contributed by atoms with Gasteiger partial charge < -0.3 is 16.2 Å². The normalized spacial score (nSPS) is 24.9. The first kappa shape index (κ1) is 14.9. The molecule has 0 radical (unpaired) electrons. The summed E-state index contributed by atoms with van der Waals surface area (Å²) in [7, 11) is 0. The predicted molar refractivity (Wildman–Crippen MR) is 80.2 cm³/mol. The summed E-state index contributed by atoms with van der Waals surface area (Å²) < 4.78 is 0. The minimum atomic E-state index is -0.621. The number of benzene rings is 1. The van der Waals surface area contributed by atoms with Gasteiger partial charge in [0.25, 0.3) is 0 Å². The molecule has 2 rings (SSSR count). The van der Waals surface area contributed by atoms with E-state index in [9.17, 15) is 9.90 Å². The van der Waals surface area contributed by atoms with Gasteiger partial charge in [0.1, 0.15) is 0 Å². The molecule has 1 fully saturated rings.